The summed E-state index contributed by atoms with van der Waals surface area (Å²) in [5.41, 5.74) is 0.875. The highest BCUT2D eigenvalue weighted by Crippen LogP contribution is 2.21. The molecule has 1 unspecified atom stereocenters. The Hall–Kier alpha value is -1.01. The van der Waals surface area contributed by atoms with Crippen molar-refractivity contribution in [1.29, 1.82) is 0 Å². The van der Waals surface area contributed by atoms with E-state index < -0.39 is 17.7 Å². The fourth-order valence-corrected chi connectivity index (χ4v) is 2.07. The molecule has 18 heavy (non-hydrogen) atoms. The zero-order valence-electron chi connectivity index (χ0n) is 9.41. The fraction of sp³-hybridized carbons (Fsp3) is 0.143. The van der Waals surface area contributed by atoms with Crippen LogP contribution in [0.4, 0.5) is 8.78 Å². The van der Waals surface area contributed by atoms with Crippen molar-refractivity contribution >= 4 is 22.6 Å². The molecule has 0 radical (unpaired) electrons. The van der Waals surface area contributed by atoms with Gasteiger partial charge in [0, 0.05) is 9.99 Å². The Balaban J connectivity index is 2.18. The molecule has 2 aromatic rings. The molecule has 0 aliphatic carbocycles. The Morgan fingerprint density at radius 3 is 2.39 bits per heavy atom. The highest BCUT2D eigenvalue weighted by molar-refractivity contribution is 14.1. The van der Waals surface area contributed by atoms with Crippen molar-refractivity contribution in [3.8, 4) is 0 Å². The maximum Gasteiger partial charge on any atom is 0.126 e. The molecular weight excluding hydrogens is 349 g/mol. The molecule has 1 atom stereocenters. The number of hydrogen-bond donors (Lipinski definition) is 1. The molecule has 94 valence electrons. The van der Waals surface area contributed by atoms with Crippen LogP contribution in [0.2, 0.25) is 0 Å². The van der Waals surface area contributed by atoms with E-state index in [1.807, 2.05) is 12.1 Å². The van der Waals surface area contributed by atoms with E-state index in [-0.39, 0.29) is 12.0 Å². The third kappa shape index (κ3) is 3.26. The van der Waals surface area contributed by atoms with Crippen LogP contribution in [0.15, 0.2) is 42.5 Å². The number of halogens is 3. The fourth-order valence-electron chi connectivity index (χ4n) is 1.71. The van der Waals surface area contributed by atoms with Gasteiger partial charge in [-0.15, -0.1) is 0 Å². The van der Waals surface area contributed by atoms with Crippen molar-refractivity contribution in [3.05, 3.63) is 68.8 Å². The first-order valence-corrected chi connectivity index (χ1v) is 6.51. The lowest BCUT2D eigenvalue weighted by Crippen LogP contribution is -2.04. The topological polar surface area (TPSA) is 20.2 Å². The predicted octanol–water partition coefficient (Wildman–Crippen LogP) is 3.85. The molecule has 0 fully saturated rings. The number of rotatable bonds is 3. The maximum absolute atomic E-state index is 13.4. The van der Waals surface area contributed by atoms with Crippen LogP contribution in [-0.2, 0) is 6.42 Å². The highest BCUT2D eigenvalue weighted by atomic mass is 127. The average molecular weight is 360 g/mol. The summed E-state index contributed by atoms with van der Waals surface area (Å²) in [6.07, 6.45) is -0.775. The van der Waals surface area contributed by atoms with Crippen molar-refractivity contribution < 1.29 is 13.9 Å². The van der Waals surface area contributed by atoms with E-state index in [0.717, 1.165) is 21.8 Å². The summed E-state index contributed by atoms with van der Waals surface area (Å²) < 4.78 is 27.5. The molecule has 0 aliphatic rings. The van der Waals surface area contributed by atoms with Crippen molar-refractivity contribution in [3.63, 3.8) is 0 Å². The van der Waals surface area contributed by atoms with Crippen LogP contribution in [0.5, 0.6) is 0 Å². The van der Waals surface area contributed by atoms with Gasteiger partial charge in [0.25, 0.3) is 0 Å². The normalized spacial score (nSPS) is 12.4. The molecule has 2 rings (SSSR count). The van der Waals surface area contributed by atoms with Gasteiger partial charge in [-0.2, -0.15) is 0 Å². The first-order chi connectivity index (χ1) is 8.56. The summed E-state index contributed by atoms with van der Waals surface area (Å²) in [4.78, 5) is 0. The zero-order valence-corrected chi connectivity index (χ0v) is 11.6. The molecule has 0 saturated carbocycles. The standard InChI is InChI=1S/C14H11F2IO/c15-11-3-6-13(16)10(7-11)8-14(18)9-1-4-12(17)5-2-9/h1-7,14,18H,8H2. The Morgan fingerprint density at radius 1 is 1.06 bits per heavy atom. The first kappa shape index (κ1) is 13.4. The minimum absolute atomic E-state index is 0.0597. The van der Waals surface area contributed by atoms with Crippen molar-refractivity contribution in [2.75, 3.05) is 0 Å². The molecular formula is C14H11F2IO. The molecule has 0 bridgehead atoms. The summed E-state index contributed by atoms with van der Waals surface area (Å²) in [5, 5.41) is 9.99. The lowest BCUT2D eigenvalue weighted by Gasteiger charge is -2.12. The highest BCUT2D eigenvalue weighted by Gasteiger charge is 2.12. The maximum atomic E-state index is 13.4. The average Bonchev–Trinajstić information content (AvgIpc) is 2.34. The monoisotopic (exact) mass is 360 g/mol. The molecule has 0 amide bonds. The summed E-state index contributed by atoms with van der Waals surface area (Å²) in [6.45, 7) is 0. The summed E-state index contributed by atoms with van der Waals surface area (Å²) in [6, 6.07) is 10.5. The van der Waals surface area contributed by atoms with Crippen LogP contribution < -0.4 is 0 Å². The van der Waals surface area contributed by atoms with Gasteiger partial charge in [-0.1, -0.05) is 12.1 Å². The minimum Gasteiger partial charge on any atom is -0.388 e. The van der Waals surface area contributed by atoms with E-state index in [2.05, 4.69) is 22.6 Å². The van der Waals surface area contributed by atoms with Gasteiger partial charge < -0.3 is 5.11 Å². The van der Waals surface area contributed by atoms with Crippen molar-refractivity contribution in [2.45, 2.75) is 12.5 Å². The van der Waals surface area contributed by atoms with Crippen molar-refractivity contribution in [1.82, 2.24) is 0 Å². The summed E-state index contributed by atoms with van der Waals surface area (Å²) >= 11 is 2.16. The van der Waals surface area contributed by atoms with Gasteiger partial charge in [0.05, 0.1) is 6.10 Å². The Morgan fingerprint density at radius 2 is 1.72 bits per heavy atom. The summed E-state index contributed by atoms with van der Waals surface area (Å²) in [7, 11) is 0. The first-order valence-electron chi connectivity index (χ1n) is 5.44. The smallest absolute Gasteiger partial charge is 0.126 e. The molecule has 0 heterocycles. The van der Waals surface area contributed by atoms with Gasteiger partial charge in [0.15, 0.2) is 0 Å². The van der Waals surface area contributed by atoms with Crippen LogP contribution in [0, 0.1) is 15.2 Å². The van der Waals surface area contributed by atoms with Crippen LogP contribution in [0.1, 0.15) is 17.2 Å². The quantitative estimate of drug-likeness (QED) is 0.825. The van der Waals surface area contributed by atoms with Gasteiger partial charge in [-0.25, -0.2) is 8.78 Å². The van der Waals surface area contributed by atoms with Crippen molar-refractivity contribution in [2.24, 2.45) is 0 Å². The molecule has 1 nitrogen and oxygen atoms in total. The third-order valence-electron chi connectivity index (χ3n) is 2.68. The van der Waals surface area contributed by atoms with E-state index in [1.165, 1.54) is 0 Å². The van der Waals surface area contributed by atoms with E-state index >= 15 is 0 Å². The molecule has 1 N–H and O–H groups in total. The van der Waals surface area contributed by atoms with Crippen LogP contribution >= 0.6 is 22.6 Å². The molecule has 0 aromatic heterocycles. The lowest BCUT2D eigenvalue weighted by atomic mass is 10.0. The number of aliphatic hydroxyl groups excluding tert-OH is 1. The van der Waals surface area contributed by atoms with Crippen LogP contribution in [0.25, 0.3) is 0 Å². The number of hydrogen-bond acceptors (Lipinski definition) is 1. The van der Waals surface area contributed by atoms with Gasteiger partial charge in [0.1, 0.15) is 11.6 Å². The van der Waals surface area contributed by atoms with Gasteiger partial charge in [-0.05, 0) is 64.0 Å². The lowest BCUT2D eigenvalue weighted by molar-refractivity contribution is 0.177. The SMILES string of the molecule is OC(Cc1cc(F)ccc1F)c1ccc(I)cc1. The molecule has 0 aliphatic heterocycles. The van der Waals surface area contributed by atoms with Crippen LogP contribution in [0.3, 0.4) is 0 Å². The second kappa shape index (κ2) is 5.75. The number of aliphatic hydroxyl groups is 1. The second-order valence-corrected chi connectivity index (χ2v) is 5.25. The Bertz CT molecular complexity index is 540. The van der Waals surface area contributed by atoms with E-state index in [0.29, 0.717) is 5.56 Å². The van der Waals surface area contributed by atoms with E-state index in [9.17, 15) is 13.9 Å². The molecule has 4 heteroatoms. The van der Waals surface area contributed by atoms with E-state index in [1.54, 1.807) is 12.1 Å². The van der Waals surface area contributed by atoms with Gasteiger partial charge in [-0.3, -0.25) is 0 Å². The largest absolute Gasteiger partial charge is 0.388 e. The van der Waals surface area contributed by atoms with Gasteiger partial charge >= 0.3 is 0 Å². The third-order valence-corrected chi connectivity index (χ3v) is 3.39. The minimum atomic E-state index is -0.835. The van der Waals surface area contributed by atoms with Gasteiger partial charge in [0.2, 0.25) is 0 Å². The number of benzene rings is 2. The molecule has 0 saturated heterocycles. The van der Waals surface area contributed by atoms with Crippen LogP contribution in [-0.4, -0.2) is 5.11 Å². The van der Waals surface area contributed by atoms with E-state index in [4.69, 9.17) is 0 Å². The Kier molecular flexibility index (Phi) is 4.29. The Labute approximate surface area is 118 Å². The summed E-state index contributed by atoms with van der Waals surface area (Å²) in [5.74, 6) is -0.998. The second-order valence-electron chi connectivity index (χ2n) is 4.01. The molecule has 0 spiro atoms. The zero-order chi connectivity index (χ0) is 13.1. The molecule has 2 aromatic carbocycles. The predicted molar refractivity (Wildman–Crippen MR) is 74.2 cm³/mol.